The van der Waals surface area contributed by atoms with Crippen LogP contribution < -0.4 is 5.32 Å². The van der Waals surface area contributed by atoms with Crippen LogP contribution in [0.3, 0.4) is 0 Å². The van der Waals surface area contributed by atoms with Gasteiger partial charge in [-0.05, 0) is 24.1 Å². The number of nitriles is 1. The first kappa shape index (κ1) is 12.3. The highest BCUT2D eigenvalue weighted by Crippen LogP contribution is 2.12. The Kier molecular flexibility index (Phi) is 4.53. The standard InChI is InChI=1S/C13H16N2O/c1-3-10(2)13(16)15-12-6-4-11(5-7-12)8-9-14/h4-7,10H,3,8H2,1-2H3,(H,15,16). The quantitative estimate of drug-likeness (QED) is 0.841. The largest absolute Gasteiger partial charge is 0.326 e. The molecular formula is C13H16N2O. The van der Waals surface area contributed by atoms with Crippen LogP contribution in [0.25, 0.3) is 0 Å². The van der Waals surface area contributed by atoms with Crippen LogP contribution >= 0.6 is 0 Å². The van der Waals surface area contributed by atoms with Crippen molar-refractivity contribution in [2.45, 2.75) is 26.7 Å². The zero-order chi connectivity index (χ0) is 12.0. The number of amides is 1. The molecule has 0 fully saturated rings. The molecule has 1 amide bonds. The molecule has 3 nitrogen and oxygen atoms in total. The Balaban J connectivity index is 2.62. The van der Waals surface area contributed by atoms with Crippen LogP contribution in [0.4, 0.5) is 5.69 Å². The highest BCUT2D eigenvalue weighted by molar-refractivity contribution is 5.92. The molecule has 0 bridgehead atoms. The summed E-state index contributed by atoms with van der Waals surface area (Å²) in [5.41, 5.74) is 1.75. The third kappa shape index (κ3) is 3.39. The fourth-order valence-electron chi connectivity index (χ4n) is 1.25. The second kappa shape index (κ2) is 5.92. The molecule has 0 aliphatic heterocycles. The summed E-state index contributed by atoms with van der Waals surface area (Å²) < 4.78 is 0. The first-order chi connectivity index (χ1) is 7.67. The van der Waals surface area contributed by atoms with E-state index in [-0.39, 0.29) is 11.8 Å². The Hall–Kier alpha value is -1.82. The van der Waals surface area contributed by atoms with Crippen LogP contribution in [-0.2, 0) is 11.2 Å². The number of nitrogens with zero attached hydrogens (tertiary/aromatic N) is 1. The van der Waals surface area contributed by atoms with Gasteiger partial charge in [0.1, 0.15) is 0 Å². The van der Waals surface area contributed by atoms with Crippen LogP contribution in [0.1, 0.15) is 25.8 Å². The maximum absolute atomic E-state index is 11.6. The normalized spacial score (nSPS) is 11.6. The molecule has 0 aliphatic carbocycles. The zero-order valence-corrected chi connectivity index (χ0v) is 9.66. The van der Waals surface area contributed by atoms with E-state index in [9.17, 15) is 4.79 Å². The van der Waals surface area contributed by atoms with E-state index < -0.39 is 0 Å². The van der Waals surface area contributed by atoms with Crippen molar-refractivity contribution in [2.75, 3.05) is 5.32 Å². The molecule has 0 heterocycles. The molecule has 0 saturated heterocycles. The van der Waals surface area contributed by atoms with E-state index in [1.54, 1.807) is 0 Å². The average Bonchev–Trinajstić information content (AvgIpc) is 2.31. The van der Waals surface area contributed by atoms with Crippen molar-refractivity contribution < 1.29 is 4.79 Å². The molecule has 0 spiro atoms. The van der Waals surface area contributed by atoms with E-state index >= 15 is 0 Å². The molecule has 0 aliphatic rings. The van der Waals surface area contributed by atoms with E-state index in [0.29, 0.717) is 6.42 Å². The summed E-state index contributed by atoms with van der Waals surface area (Å²) in [6.07, 6.45) is 1.23. The predicted molar refractivity (Wildman–Crippen MR) is 63.8 cm³/mol. The van der Waals surface area contributed by atoms with E-state index in [2.05, 4.69) is 11.4 Å². The molecule has 0 aromatic heterocycles. The van der Waals surface area contributed by atoms with E-state index in [4.69, 9.17) is 5.26 Å². The smallest absolute Gasteiger partial charge is 0.227 e. The van der Waals surface area contributed by atoms with Gasteiger partial charge in [0.2, 0.25) is 5.91 Å². The van der Waals surface area contributed by atoms with Gasteiger partial charge in [0, 0.05) is 11.6 Å². The van der Waals surface area contributed by atoms with E-state index in [1.807, 2.05) is 38.1 Å². The third-order valence-corrected chi connectivity index (χ3v) is 2.56. The molecular weight excluding hydrogens is 200 g/mol. The lowest BCUT2D eigenvalue weighted by atomic mass is 10.1. The summed E-state index contributed by atoms with van der Waals surface area (Å²) >= 11 is 0. The number of hydrogen-bond donors (Lipinski definition) is 1. The van der Waals surface area contributed by atoms with Crippen LogP contribution in [0.5, 0.6) is 0 Å². The summed E-state index contributed by atoms with van der Waals surface area (Å²) in [5, 5.41) is 11.4. The highest BCUT2D eigenvalue weighted by atomic mass is 16.1. The van der Waals surface area contributed by atoms with Crippen molar-refractivity contribution in [1.82, 2.24) is 0 Å². The van der Waals surface area contributed by atoms with E-state index in [1.165, 1.54) is 0 Å². The van der Waals surface area contributed by atoms with Crippen molar-refractivity contribution in [2.24, 2.45) is 5.92 Å². The minimum Gasteiger partial charge on any atom is -0.326 e. The summed E-state index contributed by atoms with van der Waals surface area (Å²) in [4.78, 5) is 11.6. The van der Waals surface area contributed by atoms with Gasteiger partial charge in [-0.2, -0.15) is 5.26 Å². The molecule has 84 valence electrons. The first-order valence-electron chi connectivity index (χ1n) is 5.44. The number of rotatable bonds is 4. The molecule has 0 radical (unpaired) electrons. The average molecular weight is 216 g/mol. The Morgan fingerprint density at radius 3 is 2.56 bits per heavy atom. The summed E-state index contributed by atoms with van der Waals surface area (Å²) in [7, 11) is 0. The zero-order valence-electron chi connectivity index (χ0n) is 9.66. The van der Waals surface area contributed by atoms with Crippen LogP contribution in [-0.4, -0.2) is 5.91 Å². The molecule has 1 aromatic rings. The van der Waals surface area contributed by atoms with Gasteiger partial charge in [0.15, 0.2) is 0 Å². The number of carbonyl (C=O) groups is 1. The van der Waals surface area contributed by atoms with Crippen LogP contribution in [0.15, 0.2) is 24.3 Å². The number of benzene rings is 1. The maximum Gasteiger partial charge on any atom is 0.227 e. The summed E-state index contributed by atoms with van der Waals surface area (Å²) in [6, 6.07) is 9.45. The fraction of sp³-hybridized carbons (Fsp3) is 0.385. The molecule has 3 heteroatoms. The van der Waals surface area contributed by atoms with Gasteiger partial charge in [-0.1, -0.05) is 26.0 Å². The minimum atomic E-state index is 0.0267. The van der Waals surface area contributed by atoms with Gasteiger partial charge in [-0.15, -0.1) is 0 Å². The van der Waals surface area contributed by atoms with Gasteiger partial charge in [-0.25, -0.2) is 0 Å². The first-order valence-corrected chi connectivity index (χ1v) is 5.44. The molecule has 1 rings (SSSR count). The van der Waals surface area contributed by atoms with Gasteiger partial charge >= 0.3 is 0 Å². The fourth-order valence-corrected chi connectivity index (χ4v) is 1.25. The number of carbonyl (C=O) groups excluding carboxylic acids is 1. The van der Waals surface area contributed by atoms with Crippen LogP contribution in [0, 0.1) is 17.2 Å². The number of anilines is 1. The Bertz CT molecular complexity index is 389. The Morgan fingerprint density at radius 1 is 1.44 bits per heavy atom. The van der Waals surface area contributed by atoms with Crippen molar-refractivity contribution in [3.05, 3.63) is 29.8 Å². The Morgan fingerprint density at radius 2 is 2.06 bits per heavy atom. The van der Waals surface area contributed by atoms with Gasteiger partial charge in [0.05, 0.1) is 12.5 Å². The molecule has 0 saturated carbocycles. The number of hydrogen-bond acceptors (Lipinski definition) is 2. The molecule has 1 unspecified atom stereocenters. The summed E-state index contributed by atoms with van der Waals surface area (Å²) in [5.74, 6) is 0.0642. The van der Waals surface area contributed by atoms with Crippen molar-refractivity contribution >= 4 is 11.6 Å². The lowest BCUT2D eigenvalue weighted by Crippen LogP contribution is -2.19. The molecule has 1 atom stereocenters. The maximum atomic E-state index is 11.6. The van der Waals surface area contributed by atoms with Crippen molar-refractivity contribution in [1.29, 1.82) is 5.26 Å². The SMILES string of the molecule is CCC(C)C(=O)Nc1ccc(CC#N)cc1. The lowest BCUT2D eigenvalue weighted by molar-refractivity contribution is -0.119. The molecule has 1 N–H and O–H groups in total. The molecule has 16 heavy (non-hydrogen) atoms. The van der Waals surface area contributed by atoms with Crippen LogP contribution in [0.2, 0.25) is 0 Å². The Labute approximate surface area is 96.1 Å². The second-order valence-corrected chi connectivity index (χ2v) is 3.83. The lowest BCUT2D eigenvalue weighted by Gasteiger charge is -2.09. The number of nitrogens with one attached hydrogen (secondary N) is 1. The third-order valence-electron chi connectivity index (χ3n) is 2.56. The summed E-state index contributed by atoms with van der Waals surface area (Å²) in [6.45, 7) is 3.89. The monoisotopic (exact) mass is 216 g/mol. The van der Waals surface area contributed by atoms with Crippen molar-refractivity contribution in [3.63, 3.8) is 0 Å². The van der Waals surface area contributed by atoms with E-state index in [0.717, 1.165) is 17.7 Å². The van der Waals surface area contributed by atoms with Gasteiger partial charge in [0.25, 0.3) is 0 Å². The minimum absolute atomic E-state index is 0.0267. The molecule has 1 aromatic carbocycles. The predicted octanol–water partition coefficient (Wildman–Crippen LogP) is 2.74. The van der Waals surface area contributed by atoms with Crippen molar-refractivity contribution in [3.8, 4) is 6.07 Å². The van der Waals surface area contributed by atoms with Gasteiger partial charge in [-0.3, -0.25) is 4.79 Å². The van der Waals surface area contributed by atoms with Gasteiger partial charge < -0.3 is 5.32 Å². The highest BCUT2D eigenvalue weighted by Gasteiger charge is 2.09. The topological polar surface area (TPSA) is 52.9 Å². The second-order valence-electron chi connectivity index (χ2n) is 3.83.